The van der Waals surface area contributed by atoms with E-state index in [9.17, 15) is 9.90 Å². The molecule has 1 amide bonds. The van der Waals surface area contributed by atoms with Gasteiger partial charge >= 0.3 is 0 Å². The van der Waals surface area contributed by atoms with Crippen molar-refractivity contribution in [3.8, 4) is 0 Å². The highest BCUT2D eigenvalue weighted by Gasteiger charge is 2.10. The van der Waals surface area contributed by atoms with Crippen LogP contribution in [0.3, 0.4) is 0 Å². The Bertz CT molecular complexity index is 131. The van der Waals surface area contributed by atoms with E-state index >= 15 is 0 Å². The maximum Gasteiger partial charge on any atom is 0.222 e. The second kappa shape index (κ2) is 8.05. The Hall–Kier alpha value is -0.570. The van der Waals surface area contributed by atoms with Crippen LogP contribution < -0.4 is 0 Å². The van der Waals surface area contributed by atoms with E-state index in [-0.39, 0.29) is 12.5 Å². The number of carbonyl (C=O) groups excluding carboxylic acids is 1. The fourth-order valence-electron chi connectivity index (χ4n) is 1.28. The standard InChI is InChI=1S/C10H20NO2/c1-3-7-11(8-4-2)10(13)6-5-9-12/h3-9H2,1-2H3. The number of hydrogen-bond acceptors (Lipinski definition) is 1. The Balaban J connectivity index is 3.80. The molecule has 0 aromatic carbocycles. The van der Waals surface area contributed by atoms with E-state index in [1.807, 2.05) is 4.90 Å². The number of amides is 1. The van der Waals surface area contributed by atoms with Gasteiger partial charge in [0.25, 0.3) is 0 Å². The molecule has 0 spiro atoms. The van der Waals surface area contributed by atoms with Gasteiger partial charge in [-0.1, -0.05) is 13.8 Å². The molecular weight excluding hydrogens is 166 g/mol. The fraction of sp³-hybridized carbons (Fsp3) is 0.900. The van der Waals surface area contributed by atoms with Gasteiger partial charge < -0.3 is 4.90 Å². The first kappa shape index (κ1) is 12.4. The van der Waals surface area contributed by atoms with Crippen LogP contribution in [-0.2, 0) is 9.90 Å². The van der Waals surface area contributed by atoms with Gasteiger partial charge in [-0.3, -0.25) is 4.79 Å². The van der Waals surface area contributed by atoms with Crippen LogP contribution in [0.5, 0.6) is 0 Å². The smallest absolute Gasteiger partial charge is 0.222 e. The van der Waals surface area contributed by atoms with Gasteiger partial charge in [0.05, 0.1) is 6.61 Å². The van der Waals surface area contributed by atoms with Crippen LogP contribution >= 0.6 is 0 Å². The average Bonchev–Trinajstić information content (AvgIpc) is 2.14. The summed E-state index contributed by atoms with van der Waals surface area (Å²) in [5.41, 5.74) is 0. The van der Waals surface area contributed by atoms with E-state index in [1.54, 1.807) is 0 Å². The summed E-state index contributed by atoms with van der Waals surface area (Å²) in [5.74, 6) is 0.138. The number of nitrogens with zero attached hydrogens (tertiary/aromatic N) is 1. The summed E-state index contributed by atoms with van der Waals surface area (Å²) in [6.45, 7) is 5.63. The highest BCUT2D eigenvalue weighted by molar-refractivity contribution is 5.76. The zero-order valence-corrected chi connectivity index (χ0v) is 8.71. The second-order valence-corrected chi connectivity index (χ2v) is 3.19. The van der Waals surface area contributed by atoms with Crippen LogP contribution in [0.1, 0.15) is 39.5 Å². The van der Waals surface area contributed by atoms with Crippen molar-refractivity contribution in [3.63, 3.8) is 0 Å². The van der Waals surface area contributed by atoms with Gasteiger partial charge in [-0.2, -0.15) is 0 Å². The predicted molar refractivity (Wildman–Crippen MR) is 51.9 cm³/mol. The van der Waals surface area contributed by atoms with Crippen molar-refractivity contribution in [2.24, 2.45) is 0 Å². The van der Waals surface area contributed by atoms with E-state index in [1.165, 1.54) is 0 Å². The lowest BCUT2D eigenvalue weighted by atomic mass is 10.2. The van der Waals surface area contributed by atoms with Crippen molar-refractivity contribution in [2.75, 3.05) is 19.7 Å². The van der Waals surface area contributed by atoms with Crippen molar-refractivity contribution in [1.82, 2.24) is 4.90 Å². The Morgan fingerprint density at radius 2 is 1.69 bits per heavy atom. The van der Waals surface area contributed by atoms with Crippen molar-refractivity contribution < 1.29 is 9.90 Å². The first-order valence-corrected chi connectivity index (χ1v) is 5.12. The van der Waals surface area contributed by atoms with Crippen LogP contribution in [0.25, 0.3) is 0 Å². The minimum absolute atomic E-state index is 0.138. The third-order valence-electron chi connectivity index (χ3n) is 1.87. The zero-order valence-electron chi connectivity index (χ0n) is 8.71. The van der Waals surface area contributed by atoms with Gasteiger partial charge in [0.2, 0.25) is 5.91 Å². The molecule has 0 saturated carbocycles. The van der Waals surface area contributed by atoms with Gasteiger partial charge in [-0.25, -0.2) is 5.11 Å². The third kappa shape index (κ3) is 5.64. The van der Waals surface area contributed by atoms with Gasteiger partial charge in [0, 0.05) is 19.5 Å². The summed E-state index contributed by atoms with van der Waals surface area (Å²) in [6, 6.07) is 0. The molecule has 0 saturated heterocycles. The average molecular weight is 186 g/mol. The molecule has 0 N–H and O–H groups in total. The maximum atomic E-state index is 11.5. The topological polar surface area (TPSA) is 40.2 Å². The van der Waals surface area contributed by atoms with E-state index in [4.69, 9.17) is 0 Å². The molecule has 0 aliphatic rings. The number of rotatable bonds is 7. The first-order chi connectivity index (χ1) is 6.26. The second-order valence-electron chi connectivity index (χ2n) is 3.19. The number of carbonyl (C=O) groups is 1. The van der Waals surface area contributed by atoms with Crippen molar-refractivity contribution >= 4 is 5.91 Å². The molecule has 0 fully saturated rings. The lowest BCUT2D eigenvalue weighted by molar-refractivity contribution is -0.131. The zero-order chi connectivity index (χ0) is 10.1. The van der Waals surface area contributed by atoms with E-state index in [0.717, 1.165) is 25.9 Å². The van der Waals surface area contributed by atoms with Crippen molar-refractivity contribution in [2.45, 2.75) is 39.5 Å². The maximum absolute atomic E-state index is 11.5. The number of hydrogen-bond donors (Lipinski definition) is 0. The molecule has 77 valence electrons. The summed E-state index contributed by atoms with van der Waals surface area (Å²) in [7, 11) is 0. The summed E-state index contributed by atoms with van der Waals surface area (Å²) >= 11 is 0. The minimum atomic E-state index is -0.141. The quantitative estimate of drug-likeness (QED) is 0.598. The van der Waals surface area contributed by atoms with E-state index in [2.05, 4.69) is 13.8 Å². The molecule has 3 heteroatoms. The summed E-state index contributed by atoms with van der Waals surface area (Å²) in [5, 5.41) is 10.2. The Morgan fingerprint density at radius 3 is 2.08 bits per heavy atom. The molecule has 0 heterocycles. The lowest BCUT2D eigenvalue weighted by Crippen LogP contribution is -2.32. The fourth-order valence-corrected chi connectivity index (χ4v) is 1.28. The Labute approximate surface area is 80.7 Å². The molecule has 0 atom stereocenters. The molecule has 13 heavy (non-hydrogen) atoms. The predicted octanol–water partition coefficient (Wildman–Crippen LogP) is 1.85. The summed E-state index contributed by atoms with van der Waals surface area (Å²) in [4.78, 5) is 13.3. The Kier molecular flexibility index (Phi) is 7.69. The highest BCUT2D eigenvalue weighted by Crippen LogP contribution is 2.00. The molecule has 0 aliphatic heterocycles. The minimum Gasteiger partial charge on any atom is -0.343 e. The molecule has 0 bridgehead atoms. The van der Waals surface area contributed by atoms with Gasteiger partial charge in [-0.15, -0.1) is 0 Å². The monoisotopic (exact) mass is 186 g/mol. The molecule has 0 aromatic rings. The highest BCUT2D eigenvalue weighted by atomic mass is 16.3. The van der Waals surface area contributed by atoms with Crippen LogP contribution in [0.4, 0.5) is 0 Å². The lowest BCUT2D eigenvalue weighted by Gasteiger charge is -2.21. The summed E-state index contributed by atoms with van der Waals surface area (Å²) in [6.07, 6.45) is 2.87. The molecular formula is C10H20NO2. The van der Waals surface area contributed by atoms with Crippen LogP contribution in [0, 0.1) is 0 Å². The van der Waals surface area contributed by atoms with Crippen LogP contribution in [-0.4, -0.2) is 30.5 Å². The van der Waals surface area contributed by atoms with E-state index < -0.39 is 0 Å². The third-order valence-corrected chi connectivity index (χ3v) is 1.87. The molecule has 1 radical (unpaired) electrons. The largest absolute Gasteiger partial charge is 0.343 e. The first-order valence-electron chi connectivity index (χ1n) is 5.12. The SMILES string of the molecule is CCCN(CCC)C(=O)CCC[O]. The normalized spacial score (nSPS) is 10.1. The van der Waals surface area contributed by atoms with Crippen LogP contribution in [0.15, 0.2) is 0 Å². The summed E-state index contributed by atoms with van der Waals surface area (Å²) < 4.78 is 0. The molecule has 0 aromatic heterocycles. The Morgan fingerprint density at radius 1 is 1.15 bits per heavy atom. The molecule has 0 unspecified atom stereocenters. The van der Waals surface area contributed by atoms with Gasteiger partial charge in [-0.05, 0) is 19.3 Å². The van der Waals surface area contributed by atoms with Crippen molar-refractivity contribution in [3.05, 3.63) is 0 Å². The van der Waals surface area contributed by atoms with Gasteiger partial charge in [0.15, 0.2) is 0 Å². The van der Waals surface area contributed by atoms with E-state index in [0.29, 0.717) is 12.8 Å². The van der Waals surface area contributed by atoms with Crippen LogP contribution in [0.2, 0.25) is 0 Å². The molecule has 0 rings (SSSR count). The van der Waals surface area contributed by atoms with Crippen molar-refractivity contribution in [1.29, 1.82) is 0 Å². The molecule has 0 aliphatic carbocycles. The molecule has 3 nitrogen and oxygen atoms in total. The van der Waals surface area contributed by atoms with Gasteiger partial charge in [0.1, 0.15) is 0 Å².